The van der Waals surface area contributed by atoms with E-state index < -0.39 is 11.9 Å². The maximum atomic E-state index is 9.10. The number of hydrogen-bond acceptors (Lipinski definition) is 8. The summed E-state index contributed by atoms with van der Waals surface area (Å²) in [5, 5.41) is 14.8. The molecule has 10 nitrogen and oxygen atoms in total. The minimum atomic E-state index is -1.82. The number of nitrogens with zero attached hydrogens (tertiary/aromatic N) is 1. The SMILES string of the molecule is COc1ccc(CC2=NCCc3cc(OCc4ccccc4)c(OCc4ccccc4)c(OC)c32)cc1OCc1ccccc1.O=C(O)C(=O)O. The van der Waals surface area contributed by atoms with Crippen LogP contribution in [0.3, 0.4) is 0 Å². The molecular formula is C41H39NO9. The van der Waals surface area contributed by atoms with Crippen molar-refractivity contribution in [1.82, 2.24) is 0 Å². The zero-order valence-electron chi connectivity index (χ0n) is 28.4. The molecule has 0 fully saturated rings. The Morgan fingerprint density at radius 2 is 1.12 bits per heavy atom. The molecule has 10 heteroatoms. The number of aliphatic imine (C=N–C) groups is 1. The summed E-state index contributed by atoms with van der Waals surface area (Å²) in [5.41, 5.74) is 7.31. The predicted molar refractivity (Wildman–Crippen MR) is 192 cm³/mol. The van der Waals surface area contributed by atoms with Gasteiger partial charge >= 0.3 is 11.9 Å². The first kappa shape index (κ1) is 36.0. The smallest absolute Gasteiger partial charge is 0.414 e. The molecule has 0 aromatic heterocycles. The Balaban J connectivity index is 0.000000774. The molecule has 0 bridgehead atoms. The van der Waals surface area contributed by atoms with E-state index in [1.54, 1.807) is 14.2 Å². The van der Waals surface area contributed by atoms with Crippen molar-refractivity contribution in [3.63, 3.8) is 0 Å². The lowest BCUT2D eigenvalue weighted by molar-refractivity contribution is -0.159. The second-order valence-electron chi connectivity index (χ2n) is 11.4. The first-order chi connectivity index (χ1) is 24.9. The van der Waals surface area contributed by atoms with Crippen molar-refractivity contribution >= 4 is 17.7 Å². The van der Waals surface area contributed by atoms with E-state index in [4.69, 9.17) is 48.5 Å². The molecule has 262 valence electrons. The van der Waals surface area contributed by atoms with E-state index in [1.807, 2.05) is 91.0 Å². The van der Waals surface area contributed by atoms with Crippen molar-refractivity contribution in [1.29, 1.82) is 0 Å². The van der Waals surface area contributed by atoms with Gasteiger partial charge in [-0.3, -0.25) is 4.99 Å². The molecule has 0 radical (unpaired) electrons. The van der Waals surface area contributed by atoms with Crippen LogP contribution >= 0.6 is 0 Å². The molecule has 1 aliphatic heterocycles. The molecule has 0 saturated carbocycles. The van der Waals surface area contributed by atoms with Gasteiger partial charge in [-0.2, -0.15) is 0 Å². The van der Waals surface area contributed by atoms with Crippen molar-refractivity contribution in [2.45, 2.75) is 32.7 Å². The number of carboxylic acid groups (broad SMARTS) is 2. The van der Waals surface area contributed by atoms with Gasteiger partial charge in [0.2, 0.25) is 5.75 Å². The third-order valence-corrected chi connectivity index (χ3v) is 7.94. The highest BCUT2D eigenvalue weighted by Gasteiger charge is 2.27. The molecule has 0 atom stereocenters. The Morgan fingerprint density at radius 1 is 0.588 bits per heavy atom. The number of fused-ring (bicyclic) bond motifs is 1. The fourth-order valence-corrected chi connectivity index (χ4v) is 5.49. The molecule has 0 amide bonds. The van der Waals surface area contributed by atoms with E-state index in [2.05, 4.69) is 24.3 Å². The maximum absolute atomic E-state index is 9.10. The van der Waals surface area contributed by atoms with Crippen LogP contribution in [0, 0.1) is 0 Å². The molecular weight excluding hydrogens is 650 g/mol. The number of rotatable bonds is 13. The Bertz CT molecular complexity index is 1930. The quantitative estimate of drug-likeness (QED) is 0.123. The van der Waals surface area contributed by atoms with Crippen molar-refractivity contribution in [3.05, 3.63) is 149 Å². The van der Waals surface area contributed by atoms with E-state index in [1.165, 1.54) is 0 Å². The molecule has 5 aromatic rings. The van der Waals surface area contributed by atoms with Gasteiger partial charge in [-0.15, -0.1) is 0 Å². The molecule has 2 N–H and O–H groups in total. The number of benzene rings is 5. The number of carboxylic acids is 2. The maximum Gasteiger partial charge on any atom is 0.414 e. The number of ether oxygens (including phenoxy) is 5. The fourth-order valence-electron chi connectivity index (χ4n) is 5.49. The summed E-state index contributed by atoms with van der Waals surface area (Å²) >= 11 is 0. The fraction of sp³-hybridized carbons (Fsp3) is 0.195. The standard InChI is InChI=1S/C39H37NO5.C2H2O4/c1-41-34-19-18-31(23-35(34)43-25-28-12-6-3-7-13-28)22-33-37-32(20-21-40-33)24-36(44-26-29-14-8-4-9-15-29)38(39(37)42-2)45-27-30-16-10-5-11-17-30;3-1(4)2(5)6/h3-19,23-24H,20-22,25-27H2,1-2H3;(H,3,4)(H,5,6). The van der Waals surface area contributed by atoms with Gasteiger partial charge in [-0.1, -0.05) is 97.1 Å². The molecule has 1 heterocycles. The van der Waals surface area contributed by atoms with Crippen molar-refractivity contribution in [3.8, 4) is 28.7 Å². The first-order valence-electron chi connectivity index (χ1n) is 16.3. The number of aliphatic carboxylic acids is 2. The van der Waals surface area contributed by atoms with Crippen LogP contribution in [0.2, 0.25) is 0 Å². The zero-order valence-corrected chi connectivity index (χ0v) is 28.4. The van der Waals surface area contributed by atoms with Gasteiger partial charge < -0.3 is 33.9 Å². The summed E-state index contributed by atoms with van der Waals surface area (Å²) in [6.45, 7) is 1.93. The lowest BCUT2D eigenvalue weighted by atomic mass is 9.91. The van der Waals surface area contributed by atoms with Crippen molar-refractivity contribution < 1.29 is 43.5 Å². The predicted octanol–water partition coefficient (Wildman–Crippen LogP) is 7.18. The van der Waals surface area contributed by atoms with Crippen LogP contribution in [-0.2, 0) is 42.3 Å². The molecule has 0 aliphatic carbocycles. The van der Waals surface area contributed by atoms with E-state index >= 15 is 0 Å². The lowest BCUT2D eigenvalue weighted by Crippen LogP contribution is -2.18. The molecule has 0 spiro atoms. The second-order valence-corrected chi connectivity index (χ2v) is 11.4. The Kier molecular flexibility index (Phi) is 12.6. The van der Waals surface area contributed by atoms with Gasteiger partial charge in [-0.05, 0) is 52.4 Å². The average Bonchev–Trinajstić information content (AvgIpc) is 3.16. The topological polar surface area (TPSA) is 133 Å². The molecule has 5 aromatic carbocycles. The van der Waals surface area contributed by atoms with E-state index in [0.29, 0.717) is 61.5 Å². The molecule has 0 saturated heterocycles. The summed E-state index contributed by atoms with van der Waals surface area (Å²) < 4.78 is 30.8. The Hall–Kier alpha value is -6.29. The summed E-state index contributed by atoms with van der Waals surface area (Å²) in [5.74, 6) is -0.391. The van der Waals surface area contributed by atoms with Gasteiger partial charge in [0.05, 0.1) is 19.9 Å². The van der Waals surface area contributed by atoms with Crippen LogP contribution in [-0.4, -0.2) is 48.6 Å². The van der Waals surface area contributed by atoms with Crippen LogP contribution in [0.25, 0.3) is 0 Å². The number of carbonyl (C=O) groups is 2. The Morgan fingerprint density at radius 3 is 1.63 bits per heavy atom. The number of methoxy groups -OCH3 is 2. The highest BCUT2D eigenvalue weighted by atomic mass is 16.5. The third-order valence-electron chi connectivity index (χ3n) is 7.94. The Labute approximate surface area is 296 Å². The minimum absolute atomic E-state index is 0.380. The normalized spacial score (nSPS) is 11.5. The third kappa shape index (κ3) is 9.88. The van der Waals surface area contributed by atoms with Gasteiger partial charge in [0.15, 0.2) is 23.0 Å². The minimum Gasteiger partial charge on any atom is -0.493 e. The largest absolute Gasteiger partial charge is 0.493 e. The first-order valence-corrected chi connectivity index (χ1v) is 16.3. The van der Waals surface area contributed by atoms with E-state index in [0.717, 1.165) is 45.5 Å². The van der Waals surface area contributed by atoms with Crippen LogP contribution in [0.15, 0.2) is 120 Å². The number of hydrogen-bond donors (Lipinski definition) is 2. The van der Waals surface area contributed by atoms with Gasteiger partial charge in [-0.25, -0.2) is 9.59 Å². The monoisotopic (exact) mass is 689 g/mol. The highest BCUT2D eigenvalue weighted by Crippen LogP contribution is 2.45. The van der Waals surface area contributed by atoms with Crippen LogP contribution < -0.4 is 23.7 Å². The van der Waals surface area contributed by atoms with Gasteiger partial charge in [0.25, 0.3) is 0 Å². The van der Waals surface area contributed by atoms with Gasteiger partial charge in [0, 0.05) is 18.5 Å². The summed E-state index contributed by atoms with van der Waals surface area (Å²) in [7, 11) is 3.34. The van der Waals surface area contributed by atoms with Crippen LogP contribution in [0.1, 0.15) is 33.4 Å². The molecule has 0 unspecified atom stereocenters. The average molecular weight is 690 g/mol. The summed E-state index contributed by atoms with van der Waals surface area (Å²) in [6, 6.07) is 38.5. The van der Waals surface area contributed by atoms with Crippen LogP contribution in [0.5, 0.6) is 28.7 Å². The van der Waals surface area contributed by atoms with E-state index in [-0.39, 0.29) is 0 Å². The van der Waals surface area contributed by atoms with Gasteiger partial charge in [0.1, 0.15) is 19.8 Å². The van der Waals surface area contributed by atoms with Crippen LogP contribution in [0.4, 0.5) is 0 Å². The molecule has 51 heavy (non-hydrogen) atoms. The highest BCUT2D eigenvalue weighted by molar-refractivity contribution is 6.27. The zero-order chi connectivity index (χ0) is 36.0. The van der Waals surface area contributed by atoms with Crippen molar-refractivity contribution in [2.24, 2.45) is 4.99 Å². The summed E-state index contributed by atoms with van der Waals surface area (Å²) in [6.07, 6.45) is 1.38. The summed E-state index contributed by atoms with van der Waals surface area (Å²) in [4.78, 5) is 23.2. The van der Waals surface area contributed by atoms with Crippen molar-refractivity contribution in [2.75, 3.05) is 20.8 Å². The molecule has 6 rings (SSSR count). The second kappa shape index (κ2) is 17.9. The molecule has 1 aliphatic rings. The lowest BCUT2D eigenvalue weighted by Gasteiger charge is -2.25. The van der Waals surface area contributed by atoms with E-state index in [9.17, 15) is 0 Å².